The fraction of sp³-hybridized carbons (Fsp3) is 0.474. The molecule has 1 amide bonds. The van der Waals surface area contributed by atoms with E-state index in [9.17, 15) is 19.7 Å². The number of non-ortho nitro benzene ring substituents is 1. The van der Waals surface area contributed by atoms with Crippen LogP contribution in [0.1, 0.15) is 44.6 Å². The third-order valence-corrected chi connectivity index (χ3v) is 4.60. The number of ether oxygens (including phenoxy) is 1. The minimum Gasteiger partial charge on any atom is -0.449 e. The van der Waals surface area contributed by atoms with Crippen LogP contribution in [0.5, 0.6) is 0 Å². The number of esters is 1. The summed E-state index contributed by atoms with van der Waals surface area (Å²) in [6.07, 6.45) is 7.12. The van der Waals surface area contributed by atoms with Crippen LogP contribution >= 0.6 is 0 Å². The topological polar surface area (TPSA) is 89.7 Å². The van der Waals surface area contributed by atoms with Gasteiger partial charge in [-0.3, -0.25) is 14.9 Å². The van der Waals surface area contributed by atoms with Gasteiger partial charge in [0.05, 0.1) is 4.92 Å². The molecule has 2 rings (SSSR count). The molecule has 1 saturated carbocycles. The third kappa shape index (κ3) is 5.40. The fourth-order valence-electron chi connectivity index (χ4n) is 3.11. The molecule has 1 aliphatic rings. The van der Waals surface area contributed by atoms with Gasteiger partial charge in [0, 0.05) is 31.3 Å². The first-order valence-electron chi connectivity index (χ1n) is 8.78. The van der Waals surface area contributed by atoms with E-state index < -0.39 is 17.0 Å². The molecule has 0 heterocycles. The van der Waals surface area contributed by atoms with Crippen LogP contribution in [0.25, 0.3) is 6.08 Å². The molecule has 0 aromatic heterocycles. The molecule has 140 valence electrons. The third-order valence-electron chi connectivity index (χ3n) is 4.60. The van der Waals surface area contributed by atoms with E-state index in [-0.39, 0.29) is 17.6 Å². The average molecular weight is 360 g/mol. The highest BCUT2D eigenvalue weighted by Crippen LogP contribution is 2.22. The van der Waals surface area contributed by atoms with Crippen LogP contribution in [-0.2, 0) is 14.3 Å². The van der Waals surface area contributed by atoms with Gasteiger partial charge in [-0.15, -0.1) is 0 Å². The second kappa shape index (κ2) is 9.12. The van der Waals surface area contributed by atoms with Gasteiger partial charge in [-0.2, -0.15) is 0 Å². The highest BCUT2D eigenvalue weighted by Gasteiger charge is 2.27. The molecule has 0 bridgehead atoms. The van der Waals surface area contributed by atoms with Crippen molar-refractivity contribution < 1.29 is 19.2 Å². The van der Waals surface area contributed by atoms with Crippen LogP contribution in [-0.4, -0.2) is 40.9 Å². The Morgan fingerprint density at radius 2 is 2.00 bits per heavy atom. The molecular weight excluding hydrogens is 336 g/mol. The predicted molar refractivity (Wildman–Crippen MR) is 97.3 cm³/mol. The zero-order valence-electron chi connectivity index (χ0n) is 15.1. The molecule has 0 aliphatic heterocycles. The lowest BCUT2D eigenvalue weighted by atomic mass is 9.94. The minimum atomic E-state index is -0.871. The number of hydrogen-bond donors (Lipinski definition) is 0. The SMILES string of the molecule is C[C@@H](OC(=O)/C=C/c1cccc([N+](=O)[O-])c1)C(=O)N(C)C1CCCCC1. The standard InChI is InChI=1S/C19H24N2O5/c1-14(19(23)20(2)16-8-4-3-5-9-16)26-18(22)12-11-15-7-6-10-17(13-15)21(24)25/h6-7,10-14,16H,3-5,8-9H2,1-2H3/b12-11+/t14-/m1/s1. The van der Waals surface area contributed by atoms with Crippen molar-refractivity contribution in [2.45, 2.75) is 51.2 Å². The lowest BCUT2D eigenvalue weighted by Gasteiger charge is -2.32. The first kappa shape index (κ1) is 19.6. The maximum Gasteiger partial charge on any atom is 0.331 e. The van der Waals surface area contributed by atoms with Gasteiger partial charge >= 0.3 is 5.97 Å². The van der Waals surface area contributed by atoms with Gasteiger partial charge in [0.2, 0.25) is 0 Å². The number of carbonyl (C=O) groups is 2. The van der Waals surface area contributed by atoms with Gasteiger partial charge in [0.25, 0.3) is 11.6 Å². The van der Waals surface area contributed by atoms with Gasteiger partial charge in [-0.1, -0.05) is 31.4 Å². The molecule has 0 N–H and O–H groups in total. The molecule has 1 aromatic rings. The van der Waals surface area contributed by atoms with Crippen LogP contribution in [0, 0.1) is 10.1 Å². The highest BCUT2D eigenvalue weighted by atomic mass is 16.6. The summed E-state index contributed by atoms with van der Waals surface area (Å²) in [5.41, 5.74) is 0.452. The molecule has 1 atom stereocenters. The molecule has 1 aromatic carbocycles. The van der Waals surface area contributed by atoms with Crippen LogP contribution in [0.15, 0.2) is 30.3 Å². The Labute approximate surface area is 152 Å². The summed E-state index contributed by atoms with van der Waals surface area (Å²) in [5.74, 6) is -0.872. The minimum absolute atomic E-state index is 0.0573. The molecule has 26 heavy (non-hydrogen) atoms. The maximum atomic E-state index is 12.4. The van der Waals surface area contributed by atoms with E-state index in [0.29, 0.717) is 5.56 Å². The van der Waals surface area contributed by atoms with Gasteiger partial charge < -0.3 is 9.64 Å². The van der Waals surface area contributed by atoms with Crippen molar-refractivity contribution in [2.75, 3.05) is 7.05 Å². The number of amides is 1. The summed E-state index contributed by atoms with van der Waals surface area (Å²) in [6.45, 7) is 1.56. The van der Waals surface area contributed by atoms with Gasteiger partial charge in [-0.25, -0.2) is 4.79 Å². The second-order valence-electron chi connectivity index (χ2n) is 6.51. The fourth-order valence-corrected chi connectivity index (χ4v) is 3.11. The molecule has 0 saturated heterocycles. The predicted octanol–water partition coefficient (Wildman–Crippen LogP) is 3.33. The van der Waals surface area contributed by atoms with Crippen molar-refractivity contribution in [3.63, 3.8) is 0 Å². The molecule has 0 spiro atoms. The van der Waals surface area contributed by atoms with Crippen molar-refractivity contribution in [2.24, 2.45) is 0 Å². The van der Waals surface area contributed by atoms with E-state index in [1.807, 2.05) is 0 Å². The van der Waals surface area contributed by atoms with E-state index in [1.54, 1.807) is 24.9 Å². The van der Waals surface area contributed by atoms with Gasteiger partial charge in [0.1, 0.15) is 0 Å². The van der Waals surface area contributed by atoms with Gasteiger partial charge in [0.15, 0.2) is 6.10 Å². The van der Waals surface area contributed by atoms with E-state index >= 15 is 0 Å². The summed E-state index contributed by atoms with van der Waals surface area (Å²) < 4.78 is 5.17. The van der Waals surface area contributed by atoms with Gasteiger partial charge in [-0.05, 0) is 31.4 Å². The van der Waals surface area contributed by atoms with Crippen molar-refractivity contribution in [1.82, 2.24) is 4.90 Å². The molecule has 0 unspecified atom stereocenters. The summed E-state index contributed by atoms with van der Waals surface area (Å²) in [5, 5.41) is 10.8. The Balaban J connectivity index is 1.90. The largest absolute Gasteiger partial charge is 0.449 e. The summed E-state index contributed by atoms with van der Waals surface area (Å²) in [6, 6.07) is 6.11. The normalized spacial score (nSPS) is 16.2. The number of nitro groups is 1. The summed E-state index contributed by atoms with van der Waals surface area (Å²) in [7, 11) is 1.75. The number of likely N-dealkylation sites (N-methyl/N-ethyl adjacent to an activating group) is 1. The van der Waals surface area contributed by atoms with Crippen LogP contribution in [0.3, 0.4) is 0 Å². The first-order chi connectivity index (χ1) is 12.4. The van der Waals surface area contributed by atoms with Crippen molar-refractivity contribution in [3.05, 3.63) is 46.0 Å². The summed E-state index contributed by atoms with van der Waals surface area (Å²) >= 11 is 0. The first-order valence-corrected chi connectivity index (χ1v) is 8.78. The number of benzene rings is 1. The molecule has 7 heteroatoms. The Bertz CT molecular complexity index is 695. The zero-order chi connectivity index (χ0) is 19.1. The van der Waals surface area contributed by atoms with E-state index in [0.717, 1.165) is 25.7 Å². The van der Waals surface area contributed by atoms with Crippen molar-refractivity contribution >= 4 is 23.6 Å². The monoisotopic (exact) mass is 360 g/mol. The highest BCUT2D eigenvalue weighted by molar-refractivity contribution is 5.90. The Kier molecular flexibility index (Phi) is 6.89. The Hall–Kier alpha value is -2.70. The Morgan fingerprint density at radius 1 is 1.31 bits per heavy atom. The van der Waals surface area contributed by atoms with E-state index in [2.05, 4.69) is 0 Å². The zero-order valence-corrected chi connectivity index (χ0v) is 15.1. The van der Waals surface area contributed by atoms with E-state index in [4.69, 9.17) is 4.74 Å². The number of hydrogen-bond acceptors (Lipinski definition) is 5. The maximum absolute atomic E-state index is 12.4. The number of nitro benzene ring substituents is 1. The van der Waals surface area contributed by atoms with Crippen LogP contribution in [0.4, 0.5) is 5.69 Å². The lowest BCUT2D eigenvalue weighted by Crippen LogP contribution is -2.44. The second-order valence-corrected chi connectivity index (χ2v) is 6.51. The number of nitrogens with zero attached hydrogens (tertiary/aromatic N) is 2. The quantitative estimate of drug-likeness (QED) is 0.336. The number of rotatable bonds is 6. The summed E-state index contributed by atoms with van der Waals surface area (Å²) in [4.78, 5) is 36.3. The van der Waals surface area contributed by atoms with Crippen LogP contribution < -0.4 is 0 Å². The van der Waals surface area contributed by atoms with Crippen molar-refractivity contribution in [3.8, 4) is 0 Å². The smallest absolute Gasteiger partial charge is 0.331 e. The van der Waals surface area contributed by atoms with E-state index in [1.165, 1.54) is 36.8 Å². The Morgan fingerprint density at radius 3 is 2.65 bits per heavy atom. The molecule has 1 aliphatic carbocycles. The molecular formula is C19H24N2O5. The van der Waals surface area contributed by atoms with Crippen molar-refractivity contribution in [1.29, 1.82) is 0 Å². The molecule has 1 fully saturated rings. The lowest BCUT2D eigenvalue weighted by molar-refractivity contribution is -0.384. The molecule has 7 nitrogen and oxygen atoms in total. The average Bonchev–Trinajstić information content (AvgIpc) is 2.66. The van der Waals surface area contributed by atoms with Crippen LogP contribution in [0.2, 0.25) is 0 Å². The number of carbonyl (C=O) groups excluding carboxylic acids is 2. The molecule has 0 radical (unpaired) electrons.